The average Bonchev–Trinajstić information content (AvgIpc) is 3.41. The van der Waals surface area contributed by atoms with Crippen molar-refractivity contribution in [2.45, 2.75) is 309 Å². The van der Waals surface area contributed by atoms with Crippen molar-refractivity contribution in [3.05, 3.63) is 97.2 Å². The highest BCUT2D eigenvalue weighted by Gasteiger charge is 2.19. The molecule has 1 unspecified atom stereocenters. The first-order valence-electron chi connectivity index (χ1n) is 31.7. The number of esters is 3. The summed E-state index contributed by atoms with van der Waals surface area (Å²) >= 11 is 0. The smallest absolute Gasteiger partial charge is 0.306 e. The molecule has 0 heterocycles. The zero-order chi connectivity index (χ0) is 54.3. The lowest BCUT2D eigenvalue weighted by molar-refractivity contribution is -0.167. The van der Waals surface area contributed by atoms with Crippen LogP contribution in [-0.2, 0) is 28.6 Å². The second-order valence-electron chi connectivity index (χ2n) is 20.9. The van der Waals surface area contributed by atoms with Crippen LogP contribution in [0.25, 0.3) is 0 Å². The third kappa shape index (κ3) is 61.1. The first kappa shape index (κ1) is 71.3. The maximum atomic E-state index is 12.9. The minimum Gasteiger partial charge on any atom is -0.462 e. The summed E-state index contributed by atoms with van der Waals surface area (Å²) in [6, 6.07) is 0. The minimum atomic E-state index is -0.807. The summed E-state index contributed by atoms with van der Waals surface area (Å²) in [7, 11) is 0. The van der Waals surface area contributed by atoms with Crippen LogP contribution in [-0.4, -0.2) is 37.2 Å². The summed E-state index contributed by atoms with van der Waals surface area (Å²) in [5.41, 5.74) is 0. The van der Waals surface area contributed by atoms with Crippen LogP contribution in [0.2, 0.25) is 0 Å². The van der Waals surface area contributed by atoms with Crippen molar-refractivity contribution in [3.8, 4) is 0 Å². The number of carbonyl (C=O) groups excluding carboxylic acids is 3. The predicted octanol–water partition coefficient (Wildman–Crippen LogP) is 21.7. The van der Waals surface area contributed by atoms with Crippen molar-refractivity contribution in [2.75, 3.05) is 13.2 Å². The van der Waals surface area contributed by atoms with Crippen LogP contribution in [0.1, 0.15) is 303 Å². The monoisotopic (exact) mass is 1040 g/mol. The Morgan fingerprint density at radius 3 is 0.867 bits per heavy atom. The van der Waals surface area contributed by atoms with E-state index in [4.69, 9.17) is 14.2 Å². The third-order valence-corrected chi connectivity index (χ3v) is 13.6. The van der Waals surface area contributed by atoms with E-state index in [2.05, 4.69) is 118 Å². The van der Waals surface area contributed by atoms with Crippen molar-refractivity contribution in [3.63, 3.8) is 0 Å². The molecule has 0 N–H and O–H groups in total. The fraction of sp³-hybridized carbons (Fsp3) is 0.725. The van der Waals surface area contributed by atoms with Crippen LogP contribution >= 0.6 is 0 Å². The van der Waals surface area contributed by atoms with Crippen molar-refractivity contribution >= 4 is 17.9 Å². The van der Waals surface area contributed by atoms with Crippen molar-refractivity contribution in [2.24, 2.45) is 0 Å². The van der Waals surface area contributed by atoms with Gasteiger partial charge in [0.25, 0.3) is 0 Å². The Hall–Kier alpha value is -3.67. The third-order valence-electron chi connectivity index (χ3n) is 13.6. The van der Waals surface area contributed by atoms with E-state index in [1.807, 2.05) is 0 Å². The standard InChI is InChI=1S/C69H118O6/c1-4-7-10-13-16-19-21-23-25-27-29-31-33-34-36-37-39-41-43-45-47-50-53-56-59-62-68(71)74-65-66(64-73-67(70)61-58-55-52-49-18-15-12-9-6-3)75-69(72)63-60-57-54-51-48-46-44-42-40-38-35-32-30-28-26-24-22-20-17-14-11-8-5-2/h8,11,17,20,24,26-27,29-30,32,38,40,44,46,51,54,66H,4-7,9-10,12-16,18-19,21-23,25,28,31,33-37,39,41-43,45,47-50,52-53,55-65H2,1-3H3/b11-8-,20-17-,26-24-,29-27-,32-30-,40-38-,46-44-,54-51-. The molecule has 0 amide bonds. The van der Waals surface area contributed by atoms with Gasteiger partial charge >= 0.3 is 17.9 Å². The molecule has 75 heavy (non-hydrogen) atoms. The van der Waals surface area contributed by atoms with Crippen LogP contribution in [0, 0.1) is 0 Å². The molecule has 0 aromatic rings. The highest BCUT2D eigenvalue weighted by molar-refractivity contribution is 5.71. The van der Waals surface area contributed by atoms with Gasteiger partial charge in [0, 0.05) is 19.3 Å². The van der Waals surface area contributed by atoms with Gasteiger partial charge in [0.15, 0.2) is 6.10 Å². The van der Waals surface area contributed by atoms with Gasteiger partial charge in [0.1, 0.15) is 13.2 Å². The Kier molecular flexibility index (Phi) is 59.8. The van der Waals surface area contributed by atoms with Crippen molar-refractivity contribution < 1.29 is 28.6 Å². The molecule has 6 heteroatoms. The lowest BCUT2D eigenvalue weighted by Crippen LogP contribution is -2.30. The number of ether oxygens (including phenoxy) is 3. The molecule has 1 atom stereocenters. The summed E-state index contributed by atoms with van der Waals surface area (Å²) in [4.78, 5) is 38.1. The zero-order valence-electron chi connectivity index (χ0n) is 49.3. The van der Waals surface area contributed by atoms with E-state index in [9.17, 15) is 14.4 Å². The number of hydrogen-bond acceptors (Lipinski definition) is 6. The molecule has 0 spiro atoms. The fourth-order valence-corrected chi connectivity index (χ4v) is 8.84. The van der Waals surface area contributed by atoms with Gasteiger partial charge in [-0.1, -0.05) is 285 Å². The normalized spacial score (nSPS) is 12.7. The molecule has 0 aliphatic heterocycles. The van der Waals surface area contributed by atoms with Crippen LogP contribution in [0.4, 0.5) is 0 Å². The van der Waals surface area contributed by atoms with Gasteiger partial charge in [-0.05, 0) is 96.3 Å². The van der Waals surface area contributed by atoms with E-state index >= 15 is 0 Å². The predicted molar refractivity (Wildman–Crippen MR) is 325 cm³/mol. The van der Waals surface area contributed by atoms with Crippen LogP contribution in [0.15, 0.2) is 97.2 Å². The molecule has 0 aromatic carbocycles. The Morgan fingerprint density at radius 2 is 0.533 bits per heavy atom. The molecule has 0 aliphatic rings. The Balaban J connectivity index is 4.30. The van der Waals surface area contributed by atoms with E-state index in [0.29, 0.717) is 19.3 Å². The number of unbranched alkanes of at least 4 members (excludes halogenated alkanes) is 30. The quantitative estimate of drug-likeness (QED) is 0.0261. The first-order chi connectivity index (χ1) is 37.0. The fourth-order valence-electron chi connectivity index (χ4n) is 8.84. The average molecular weight is 1040 g/mol. The highest BCUT2D eigenvalue weighted by Crippen LogP contribution is 2.16. The lowest BCUT2D eigenvalue weighted by Gasteiger charge is -2.18. The molecule has 0 fully saturated rings. The summed E-state index contributed by atoms with van der Waals surface area (Å²) in [6.07, 6.45) is 84.3. The van der Waals surface area contributed by atoms with Crippen LogP contribution in [0.5, 0.6) is 0 Å². The van der Waals surface area contributed by atoms with E-state index < -0.39 is 6.10 Å². The summed E-state index contributed by atoms with van der Waals surface area (Å²) in [5.74, 6) is -0.954. The van der Waals surface area contributed by atoms with Gasteiger partial charge in [-0.2, -0.15) is 0 Å². The second-order valence-corrected chi connectivity index (χ2v) is 20.9. The largest absolute Gasteiger partial charge is 0.462 e. The van der Waals surface area contributed by atoms with Gasteiger partial charge < -0.3 is 14.2 Å². The van der Waals surface area contributed by atoms with Crippen LogP contribution in [0.3, 0.4) is 0 Å². The molecule has 0 rings (SSSR count). The molecular weight excluding hydrogens is 925 g/mol. The van der Waals surface area contributed by atoms with Gasteiger partial charge in [-0.25, -0.2) is 0 Å². The zero-order valence-corrected chi connectivity index (χ0v) is 49.3. The van der Waals surface area contributed by atoms with Crippen molar-refractivity contribution in [1.29, 1.82) is 0 Å². The number of hydrogen-bond donors (Lipinski definition) is 0. The van der Waals surface area contributed by atoms with E-state index in [0.717, 1.165) is 89.9 Å². The van der Waals surface area contributed by atoms with Gasteiger partial charge in [-0.15, -0.1) is 0 Å². The molecule has 0 bridgehead atoms. The second kappa shape index (κ2) is 62.9. The minimum absolute atomic E-state index is 0.0987. The number of carbonyl (C=O) groups is 3. The highest BCUT2D eigenvalue weighted by atomic mass is 16.6. The molecule has 0 saturated carbocycles. The van der Waals surface area contributed by atoms with Gasteiger partial charge in [-0.3, -0.25) is 14.4 Å². The summed E-state index contributed by atoms with van der Waals surface area (Å²) in [5, 5.41) is 0. The van der Waals surface area contributed by atoms with Crippen LogP contribution < -0.4 is 0 Å². The number of rotatable bonds is 57. The molecule has 0 aliphatic carbocycles. The van der Waals surface area contributed by atoms with E-state index in [-0.39, 0.29) is 37.5 Å². The maximum absolute atomic E-state index is 12.9. The van der Waals surface area contributed by atoms with Gasteiger partial charge in [0.05, 0.1) is 0 Å². The Morgan fingerprint density at radius 1 is 0.280 bits per heavy atom. The molecule has 430 valence electrons. The molecule has 0 saturated heterocycles. The van der Waals surface area contributed by atoms with E-state index in [1.54, 1.807) is 0 Å². The lowest BCUT2D eigenvalue weighted by atomic mass is 10.0. The molecule has 0 aromatic heterocycles. The molecule has 0 radical (unpaired) electrons. The summed E-state index contributed by atoms with van der Waals surface area (Å²) < 4.78 is 16.8. The maximum Gasteiger partial charge on any atom is 0.306 e. The summed E-state index contributed by atoms with van der Waals surface area (Å²) in [6.45, 7) is 6.48. The van der Waals surface area contributed by atoms with Gasteiger partial charge in [0.2, 0.25) is 0 Å². The Bertz CT molecular complexity index is 1480. The van der Waals surface area contributed by atoms with E-state index in [1.165, 1.54) is 167 Å². The SMILES string of the molecule is CC/C=C\C/C=C\C/C=C\C/C=C\C/C=C\C/C=C\C/C=C\CCCC(=O)OC(COC(=O)CCCCCCCCCCC)COC(=O)CCCCCCCCCCCCCCC/C=C\CCCCCCCCCC. The molecule has 6 nitrogen and oxygen atoms in total. The number of allylic oxidation sites excluding steroid dienone is 16. The molecular formula is C69H118O6. The van der Waals surface area contributed by atoms with Crippen molar-refractivity contribution in [1.82, 2.24) is 0 Å². The first-order valence-corrected chi connectivity index (χ1v) is 31.7. The Labute approximate surface area is 464 Å². The topological polar surface area (TPSA) is 78.9 Å².